The van der Waals surface area contributed by atoms with Crippen LogP contribution in [0.5, 0.6) is 0 Å². The first-order valence-corrected chi connectivity index (χ1v) is 3.71. The van der Waals surface area contributed by atoms with Crippen LogP contribution in [0.15, 0.2) is 30.3 Å². The number of nitrogens with two attached hydrogens (primary N) is 1. The van der Waals surface area contributed by atoms with E-state index >= 15 is 0 Å². The molecule has 72 valence electrons. The molecular formula is C9H12BrNO2. The molecule has 1 amide bonds. The summed E-state index contributed by atoms with van der Waals surface area (Å²) in [6, 6.07) is 9.00. The molecule has 0 saturated heterocycles. The largest absolute Gasteiger partial charge is 0.395 e. The number of benzene rings is 1. The van der Waals surface area contributed by atoms with Gasteiger partial charge in [0.2, 0.25) is 5.91 Å². The van der Waals surface area contributed by atoms with Gasteiger partial charge in [0.15, 0.2) is 0 Å². The van der Waals surface area contributed by atoms with Gasteiger partial charge in [-0.3, -0.25) is 4.79 Å². The Labute approximate surface area is 87.3 Å². The Morgan fingerprint density at radius 2 is 1.92 bits per heavy atom. The molecule has 3 nitrogen and oxygen atoms in total. The van der Waals surface area contributed by atoms with Crippen molar-refractivity contribution >= 4 is 22.9 Å². The third-order valence-corrected chi connectivity index (χ3v) is 1.73. The van der Waals surface area contributed by atoms with Gasteiger partial charge in [-0.1, -0.05) is 30.3 Å². The summed E-state index contributed by atoms with van der Waals surface area (Å²) in [4.78, 5) is 10.8. The fourth-order valence-corrected chi connectivity index (χ4v) is 1.04. The van der Waals surface area contributed by atoms with E-state index in [0.717, 1.165) is 5.56 Å². The van der Waals surface area contributed by atoms with Crippen molar-refractivity contribution in [3.63, 3.8) is 0 Å². The smallest absolute Gasteiger partial charge is 0.227 e. The fraction of sp³-hybridized carbons (Fsp3) is 0.222. The molecular weight excluding hydrogens is 234 g/mol. The minimum Gasteiger partial charge on any atom is -0.395 e. The van der Waals surface area contributed by atoms with Crippen molar-refractivity contribution in [2.75, 3.05) is 6.61 Å². The molecule has 1 rings (SSSR count). The maximum atomic E-state index is 10.8. The normalized spacial score (nSPS) is 11.5. The van der Waals surface area contributed by atoms with Crippen LogP contribution < -0.4 is 5.73 Å². The summed E-state index contributed by atoms with van der Waals surface area (Å²) in [5, 5.41) is 8.85. The Morgan fingerprint density at radius 1 is 1.38 bits per heavy atom. The predicted molar refractivity (Wildman–Crippen MR) is 55.8 cm³/mol. The van der Waals surface area contributed by atoms with E-state index in [4.69, 9.17) is 10.8 Å². The molecule has 0 fully saturated rings. The SMILES string of the molecule is Br.NC(=O)C(CO)c1ccccc1. The highest BCUT2D eigenvalue weighted by Gasteiger charge is 2.15. The first kappa shape index (κ1) is 12.1. The molecule has 0 saturated carbocycles. The monoisotopic (exact) mass is 245 g/mol. The second-order valence-corrected chi connectivity index (χ2v) is 2.55. The lowest BCUT2D eigenvalue weighted by Gasteiger charge is -2.09. The number of aliphatic hydroxyl groups is 1. The van der Waals surface area contributed by atoms with Gasteiger partial charge < -0.3 is 10.8 Å². The first-order valence-electron chi connectivity index (χ1n) is 3.71. The Kier molecular flexibility index (Phi) is 5.34. The predicted octanol–water partition coefficient (Wildman–Crippen LogP) is 0.826. The van der Waals surface area contributed by atoms with Crippen LogP contribution in [0.25, 0.3) is 0 Å². The summed E-state index contributed by atoms with van der Waals surface area (Å²) in [5.74, 6) is -1.07. The zero-order valence-corrected chi connectivity index (χ0v) is 8.73. The second kappa shape index (κ2) is 5.72. The Balaban J connectivity index is 0.00000144. The van der Waals surface area contributed by atoms with E-state index in [1.165, 1.54) is 0 Å². The highest BCUT2D eigenvalue weighted by atomic mass is 79.9. The van der Waals surface area contributed by atoms with Crippen LogP contribution in [0.3, 0.4) is 0 Å². The molecule has 4 heteroatoms. The molecule has 13 heavy (non-hydrogen) atoms. The maximum Gasteiger partial charge on any atom is 0.227 e. The summed E-state index contributed by atoms with van der Waals surface area (Å²) in [6.45, 7) is -0.237. The number of hydrogen-bond acceptors (Lipinski definition) is 2. The van der Waals surface area contributed by atoms with E-state index in [2.05, 4.69) is 0 Å². The van der Waals surface area contributed by atoms with Crippen molar-refractivity contribution < 1.29 is 9.90 Å². The number of carbonyl (C=O) groups is 1. The Morgan fingerprint density at radius 3 is 2.31 bits per heavy atom. The van der Waals surface area contributed by atoms with Gasteiger partial charge in [-0.15, -0.1) is 17.0 Å². The fourth-order valence-electron chi connectivity index (χ4n) is 1.04. The number of hydrogen-bond donors (Lipinski definition) is 2. The lowest BCUT2D eigenvalue weighted by molar-refractivity contribution is -0.120. The average molecular weight is 246 g/mol. The molecule has 0 bridgehead atoms. The van der Waals surface area contributed by atoms with Gasteiger partial charge in [0.05, 0.1) is 12.5 Å². The van der Waals surface area contributed by atoms with Crippen LogP contribution in [-0.4, -0.2) is 17.6 Å². The molecule has 1 aromatic rings. The van der Waals surface area contributed by atoms with Gasteiger partial charge in [0.1, 0.15) is 0 Å². The van der Waals surface area contributed by atoms with Gasteiger partial charge >= 0.3 is 0 Å². The molecule has 1 atom stereocenters. The molecule has 0 spiro atoms. The molecule has 3 N–H and O–H groups in total. The number of primary amides is 1. The number of halogens is 1. The van der Waals surface area contributed by atoms with Gasteiger partial charge in [0.25, 0.3) is 0 Å². The van der Waals surface area contributed by atoms with Crippen molar-refractivity contribution in [1.29, 1.82) is 0 Å². The third kappa shape index (κ3) is 3.16. The molecule has 0 aliphatic rings. The van der Waals surface area contributed by atoms with Crippen LogP contribution in [0.2, 0.25) is 0 Å². The van der Waals surface area contributed by atoms with Gasteiger partial charge in [-0.25, -0.2) is 0 Å². The molecule has 0 aromatic heterocycles. The number of carbonyl (C=O) groups excluding carboxylic acids is 1. The highest BCUT2D eigenvalue weighted by molar-refractivity contribution is 8.93. The lowest BCUT2D eigenvalue weighted by atomic mass is 10.00. The Hall–Kier alpha value is -0.870. The molecule has 0 aliphatic heterocycles. The second-order valence-electron chi connectivity index (χ2n) is 2.55. The van der Waals surface area contributed by atoms with Crippen LogP contribution in [0, 0.1) is 0 Å². The molecule has 0 radical (unpaired) electrons. The summed E-state index contributed by atoms with van der Waals surface area (Å²) in [7, 11) is 0. The number of amides is 1. The zero-order chi connectivity index (χ0) is 8.97. The van der Waals surface area contributed by atoms with Crippen molar-refractivity contribution in [3.05, 3.63) is 35.9 Å². The lowest BCUT2D eigenvalue weighted by Crippen LogP contribution is -2.24. The Bertz CT molecular complexity index is 264. The summed E-state index contributed by atoms with van der Waals surface area (Å²) >= 11 is 0. The minimum absolute atomic E-state index is 0. The first-order chi connectivity index (χ1) is 5.75. The average Bonchev–Trinajstić information content (AvgIpc) is 2.07. The van der Waals surface area contributed by atoms with Crippen LogP contribution in [-0.2, 0) is 4.79 Å². The summed E-state index contributed by atoms with van der Waals surface area (Å²) in [5.41, 5.74) is 5.84. The molecule has 1 unspecified atom stereocenters. The minimum atomic E-state index is -0.578. The van der Waals surface area contributed by atoms with E-state index < -0.39 is 11.8 Å². The summed E-state index contributed by atoms with van der Waals surface area (Å²) in [6.07, 6.45) is 0. The van der Waals surface area contributed by atoms with Gasteiger partial charge in [0, 0.05) is 0 Å². The standard InChI is InChI=1S/C9H11NO2.BrH/c10-9(12)8(6-11)7-4-2-1-3-5-7;/h1-5,8,11H,6H2,(H2,10,12);1H. The van der Waals surface area contributed by atoms with E-state index in [1.807, 2.05) is 6.07 Å². The number of aliphatic hydroxyl groups excluding tert-OH is 1. The highest BCUT2D eigenvalue weighted by Crippen LogP contribution is 2.13. The van der Waals surface area contributed by atoms with Gasteiger partial charge in [-0.05, 0) is 5.56 Å². The third-order valence-electron chi connectivity index (χ3n) is 1.73. The van der Waals surface area contributed by atoms with Crippen molar-refractivity contribution in [2.45, 2.75) is 5.92 Å². The van der Waals surface area contributed by atoms with E-state index in [9.17, 15) is 4.79 Å². The molecule has 0 heterocycles. The van der Waals surface area contributed by atoms with Crippen molar-refractivity contribution in [3.8, 4) is 0 Å². The van der Waals surface area contributed by atoms with E-state index in [1.54, 1.807) is 24.3 Å². The zero-order valence-electron chi connectivity index (χ0n) is 7.01. The number of rotatable bonds is 3. The van der Waals surface area contributed by atoms with Crippen LogP contribution in [0.1, 0.15) is 11.5 Å². The summed E-state index contributed by atoms with van der Waals surface area (Å²) < 4.78 is 0. The maximum absolute atomic E-state index is 10.8. The molecule has 1 aromatic carbocycles. The topological polar surface area (TPSA) is 63.3 Å². The van der Waals surface area contributed by atoms with Crippen LogP contribution >= 0.6 is 17.0 Å². The molecule has 0 aliphatic carbocycles. The quantitative estimate of drug-likeness (QED) is 0.829. The van der Waals surface area contributed by atoms with Crippen molar-refractivity contribution in [1.82, 2.24) is 0 Å². The van der Waals surface area contributed by atoms with Crippen LogP contribution in [0.4, 0.5) is 0 Å². The van der Waals surface area contributed by atoms with Gasteiger partial charge in [-0.2, -0.15) is 0 Å². The van der Waals surface area contributed by atoms with E-state index in [-0.39, 0.29) is 23.6 Å². The van der Waals surface area contributed by atoms with Crippen molar-refractivity contribution in [2.24, 2.45) is 5.73 Å². The van der Waals surface area contributed by atoms with E-state index in [0.29, 0.717) is 0 Å².